The van der Waals surface area contributed by atoms with Gasteiger partial charge in [-0.1, -0.05) is 0 Å². The second kappa shape index (κ2) is 9.72. The van der Waals surface area contributed by atoms with E-state index < -0.39 is 40.0 Å². The number of fused-ring (bicyclic) bond motifs is 1. The minimum Gasteiger partial charge on any atom is -0.482 e. The van der Waals surface area contributed by atoms with Gasteiger partial charge < -0.3 is 19.6 Å². The van der Waals surface area contributed by atoms with E-state index in [9.17, 15) is 27.5 Å². The molecule has 3 N–H and O–H groups in total. The molecule has 0 radical (unpaired) electrons. The zero-order valence-corrected chi connectivity index (χ0v) is 19.7. The second-order valence-electron chi connectivity index (χ2n) is 7.38. The average molecular weight is 520 g/mol. The first-order valence-electron chi connectivity index (χ1n) is 9.94. The zero-order valence-electron chi connectivity index (χ0n) is 18.1. The highest BCUT2D eigenvalue weighted by Gasteiger charge is 2.24. The van der Waals surface area contributed by atoms with Gasteiger partial charge in [-0.05, 0) is 30.3 Å². The third-order valence-electron chi connectivity index (χ3n) is 4.67. The van der Waals surface area contributed by atoms with Crippen LogP contribution < -0.4 is 15.4 Å². The number of aromatic carboxylic acids is 1. The number of sulfone groups is 1. The fourth-order valence-electron chi connectivity index (χ4n) is 3.19. The van der Waals surface area contributed by atoms with Crippen molar-refractivity contribution in [1.29, 1.82) is 0 Å². The highest BCUT2D eigenvalue weighted by molar-refractivity contribution is 7.90. The van der Waals surface area contributed by atoms with Crippen LogP contribution >= 0.6 is 11.3 Å². The average Bonchev–Trinajstić information content (AvgIpc) is 3.43. The summed E-state index contributed by atoms with van der Waals surface area (Å²) in [6.07, 6.45) is 2.55. The van der Waals surface area contributed by atoms with Gasteiger partial charge in [-0.15, -0.1) is 11.3 Å². The molecular weight excluding hydrogens is 501 g/mol. The summed E-state index contributed by atoms with van der Waals surface area (Å²) in [5.41, 5.74) is 0.424. The van der Waals surface area contributed by atoms with Crippen molar-refractivity contribution in [2.45, 2.75) is 0 Å². The normalized spacial score (nSPS) is 11.4. The van der Waals surface area contributed by atoms with Gasteiger partial charge in [0.1, 0.15) is 34.4 Å². The minimum atomic E-state index is -3.43. The lowest BCUT2D eigenvalue weighted by molar-refractivity contribution is -0.118. The SMILES string of the molecule is CS(=O)(=O)CNc1cc2oc(-c3ccc(F)cc3)c(C(=O)O)c2cc1OCC(=O)Nc1nccs1. The molecule has 13 heteroatoms. The molecule has 1 amide bonds. The lowest BCUT2D eigenvalue weighted by atomic mass is 10.0. The Bertz CT molecular complexity index is 1500. The van der Waals surface area contributed by atoms with Crippen molar-refractivity contribution < 1.29 is 36.7 Å². The van der Waals surface area contributed by atoms with Gasteiger partial charge in [0, 0.05) is 34.8 Å². The largest absolute Gasteiger partial charge is 0.482 e. The van der Waals surface area contributed by atoms with Gasteiger partial charge >= 0.3 is 5.97 Å². The number of anilines is 2. The summed E-state index contributed by atoms with van der Waals surface area (Å²) in [4.78, 5) is 28.3. The molecular formula is C22H18FN3O7S2. The van der Waals surface area contributed by atoms with Crippen molar-refractivity contribution in [2.75, 3.05) is 29.4 Å². The quantitative estimate of drug-likeness (QED) is 0.300. The Labute approximate surface area is 202 Å². The Hall–Kier alpha value is -3.97. The molecule has 0 aliphatic carbocycles. The summed E-state index contributed by atoms with van der Waals surface area (Å²) >= 11 is 1.22. The maximum absolute atomic E-state index is 13.4. The Balaban J connectivity index is 1.74. The van der Waals surface area contributed by atoms with Gasteiger partial charge in [-0.25, -0.2) is 22.6 Å². The van der Waals surface area contributed by atoms with Crippen LogP contribution in [0.1, 0.15) is 10.4 Å². The van der Waals surface area contributed by atoms with E-state index in [-0.39, 0.29) is 33.7 Å². The number of hydrogen-bond donors (Lipinski definition) is 3. The molecule has 35 heavy (non-hydrogen) atoms. The number of nitrogens with one attached hydrogen (secondary N) is 2. The van der Waals surface area contributed by atoms with E-state index in [2.05, 4.69) is 15.6 Å². The van der Waals surface area contributed by atoms with Crippen LogP contribution in [0, 0.1) is 5.82 Å². The third-order valence-corrected chi connectivity index (χ3v) is 6.03. The van der Waals surface area contributed by atoms with Crippen LogP contribution in [0.25, 0.3) is 22.3 Å². The third kappa shape index (κ3) is 5.75. The Morgan fingerprint density at radius 2 is 1.97 bits per heavy atom. The molecule has 4 rings (SSSR count). The van der Waals surface area contributed by atoms with E-state index >= 15 is 0 Å². The first kappa shape index (κ1) is 24.2. The number of aromatic nitrogens is 1. The summed E-state index contributed by atoms with van der Waals surface area (Å²) < 4.78 is 48.1. The van der Waals surface area contributed by atoms with Crippen molar-refractivity contribution in [3.63, 3.8) is 0 Å². The lowest BCUT2D eigenvalue weighted by Gasteiger charge is -2.13. The van der Waals surface area contributed by atoms with Gasteiger partial charge in [0.05, 0.1) is 5.69 Å². The summed E-state index contributed by atoms with van der Waals surface area (Å²) in [5.74, 6) is -2.75. The summed E-state index contributed by atoms with van der Waals surface area (Å²) in [6.45, 7) is -0.455. The predicted octanol–water partition coefficient (Wildman–Crippen LogP) is 3.83. The summed E-state index contributed by atoms with van der Waals surface area (Å²) in [6, 6.07) is 7.82. The maximum atomic E-state index is 13.4. The van der Waals surface area contributed by atoms with E-state index in [1.165, 1.54) is 53.9 Å². The number of carbonyl (C=O) groups excluding carboxylic acids is 1. The van der Waals surface area contributed by atoms with E-state index in [4.69, 9.17) is 9.15 Å². The molecule has 2 heterocycles. The molecule has 0 unspecified atom stereocenters. The van der Waals surface area contributed by atoms with E-state index in [0.29, 0.717) is 10.7 Å². The molecule has 182 valence electrons. The number of ether oxygens (including phenoxy) is 1. The number of carbonyl (C=O) groups is 2. The highest BCUT2D eigenvalue weighted by atomic mass is 32.2. The van der Waals surface area contributed by atoms with Crippen LogP contribution in [-0.4, -0.2) is 49.1 Å². The molecule has 0 saturated carbocycles. The number of thiazole rings is 1. The minimum absolute atomic E-state index is 0.0137. The standard InChI is InChI=1S/C22H18FN3O7S2/c1-35(30,31)11-25-15-9-16-14(8-17(15)32-10-18(27)26-22-24-6-7-34-22)19(21(28)29)20(33-16)12-2-4-13(23)5-3-12/h2-9,25H,10-11H2,1H3,(H,28,29)(H,24,26,27). The molecule has 0 fully saturated rings. The number of amides is 1. The Kier molecular flexibility index (Phi) is 6.71. The zero-order chi connectivity index (χ0) is 25.2. The Morgan fingerprint density at radius 1 is 1.23 bits per heavy atom. The number of benzene rings is 2. The molecule has 0 bridgehead atoms. The number of hydrogen-bond acceptors (Lipinski definition) is 9. The van der Waals surface area contributed by atoms with Crippen molar-refractivity contribution in [2.24, 2.45) is 0 Å². The molecule has 0 atom stereocenters. The van der Waals surface area contributed by atoms with Gasteiger partial charge in [0.25, 0.3) is 5.91 Å². The fraction of sp³-hybridized carbons (Fsp3) is 0.136. The predicted molar refractivity (Wildman–Crippen MR) is 128 cm³/mol. The van der Waals surface area contributed by atoms with Crippen LogP contribution in [0.2, 0.25) is 0 Å². The van der Waals surface area contributed by atoms with Crippen LogP contribution in [-0.2, 0) is 14.6 Å². The van der Waals surface area contributed by atoms with E-state index in [1.54, 1.807) is 5.38 Å². The molecule has 2 aromatic carbocycles. The van der Waals surface area contributed by atoms with Gasteiger partial charge in [0.2, 0.25) is 0 Å². The van der Waals surface area contributed by atoms with Crippen LogP contribution in [0.4, 0.5) is 15.2 Å². The molecule has 0 aliphatic heterocycles. The van der Waals surface area contributed by atoms with Gasteiger partial charge in [0.15, 0.2) is 21.6 Å². The number of carboxylic acids is 1. The Morgan fingerprint density at radius 3 is 2.60 bits per heavy atom. The van der Waals surface area contributed by atoms with Crippen LogP contribution in [0.15, 0.2) is 52.4 Å². The molecule has 0 aliphatic rings. The molecule has 0 spiro atoms. The topological polar surface area (TPSA) is 148 Å². The molecule has 2 aromatic heterocycles. The van der Waals surface area contributed by atoms with E-state index in [1.807, 2.05) is 0 Å². The van der Waals surface area contributed by atoms with Crippen molar-refractivity contribution in [3.8, 4) is 17.1 Å². The van der Waals surface area contributed by atoms with E-state index in [0.717, 1.165) is 6.26 Å². The number of nitrogens with zero attached hydrogens (tertiary/aromatic N) is 1. The second-order valence-corrected chi connectivity index (χ2v) is 10.4. The van der Waals surface area contributed by atoms with Crippen LogP contribution in [0.3, 0.4) is 0 Å². The van der Waals surface area contributed by atoms with Gasteiger partial charge in [-0.2, -0.15) is 0 Å². The van der Waals surface area contributed by atoms with Crippen molar-refractivity contribution in [3.05, 3.63) is 59.4 Å². The van der Waals surface area contributed by atoms with Crippen molar-refractivity contribution >= 4 is 54.8 Å². The van der Waals surface area contributed by atoms with Gasteiger partial charge in [-0.3, -0.25) is 10.1 Å². The lowest BCUT2D eigenvalue weighted by Crippen LogP contribution is -2.20. The smallest absolute Gasteiger partial charge is 0.340 e. The first-order valence-corrected chi connectivity index (χ1v) is 12.9. The summed E-state index contributed by atoms with van der Waals surface area (Å²) in [5, 5.41) is 17.3. The molecule has 4 aromatic rings. The van der Waals surface area contributed by atoms with Crippen LogP contribution in [0.5, 0.6) is 5.75 Å². The highest BCUT2D eigenvalue weighted by Crippen LogP contribution is 2.39. The number of furan rings is 1. The number of halogens is 1. The number of rotatable bonds is 9. The number of carboxylic acid groups (broad SMARTS) is 1. The maximum Gasteiger partial charge on any atom is 0.340 e. The molecule has 0 saturated heterocycles. The fourth-order valence-corrected chi connectivity index (χ4v) is 4.15. The molecule has 10 nitrogen and oxygen atoms in total. The monoisotopic (exact) mass is 519 g/mol. The van der Waals surface area contributed by atoms with Crippen molar-refractivity contribution in [1.82, 2.24) is 4.98 Å². The first-order chi connectivity index (χ1) is 16.6. The summed E-state index contributed by atoms with van der Waals surface area (Å²) in [7, 11) is -3.43.